The third-order valence-corrected chi connectivity index (χ3v) is 2.75. The molecule has 0 saturated carbocycles. The van der Waals surface area contributed by atoms with Crippen LogP contribution in [0, 0.1) is 0 Å². The van der Waals surface area contributed by atoms with E-state index in [0.29, 0.717) is 11.4 Å². The molecule has 0 fully saturated rings. The molecular formula is C14H16N2O2. The number of isocyanates is 2. The van der Waals surface area contributed by atoms with Gasteiger partial charge in [0.25, 0.3) is 0 Å². The summed E-state index contributed by atoms with van der Waals surface area (Å²) >= 11 is 0. The minimum atomic E-state index is 0.180. The second kappa shape index (κ2) is 6.06. The van der Waals surface area contributed by atoms with Crippen LogP contribution in [-0.4, -0.2) is 12.2 Å². The van der Waals surface area contributed by atoms with E-state index in [2.05, 4.69) is 9.98 Å². The van der Waals surface area contributed by atoms with E-state index in [1.54, 1.807) is 24.3 Å². The second-order valence-electron chi connectivity index (χ2n) is 4.69. The monoisotopic (exact) mass is 244 g/mol. The van der Waals surface area contributed by atoms with Crippen LogP contribution in [0.5, 0.6) is 0 Å². The molecule has 1 aromatic rings. The molecule has 0 spiro atoms. The first-order valence-corrected chi connectivity index (χ1v) is 5.84. The van der Waals surface area contributed by atoms with Crippen LogP contribution in [0.1, 0.15) is 50.7 Å². The number of hydrogen-bond donors (Lipinski definition) is 0. The van der Waals surface area contributed by atoms with Crippen molar-refractivity contribution in [1.82, 2.24) is 0 Å². The summed E-state index contributed by atoms with van der Waals surface area (Å²) in [5.74, 6) is 0.359. The Morgan fingerprint density at radius 1 is 0.833 bits per heavy atom. The Balaban J connectivity index is 3.59. The maximum atomic E-state index is 10.5. The molecule has 0 saturated heterocycles. The summed E-state index contributed by atoms with van der Waals surface area (Å²) < 4.78 is 0. The maximum Gasteiger partial charge on any atom is 0.240 e. The third-order valence-electron chi connectivity index (χ3n) is 2.75. The van der Waals surface area contributed by atoms with Crippen LogP contribution in [0.4, 0.5) is 11.4 Å². The van der Waals surface area contributed by atoms with Gasteiger partial charge in [0.2, 0.25) is 12.2 Å². The molecule has 18 heavy (non-hydrogen) atoms. The topological polar surface area (TPSA) is 58.9 Å². The van der Waals surface area contributed by atoms with Crippen LogP contribution in [0.25, 0.3) is 0 Å². The summed E-state index contributed by atoms with van der Waals surface area (Å²) in [6.07, 6.45) is 3.13. The molecule has 0 bridgehead atoms. The first-order valence-electron chi connectivity index (χ1n) is 5.84. The molecule has 1 rings (SSSR count). The Labute approximate surface area is 106 Å². The fourth-order valence-electron chi connectivity index (χ4n) is 1.83. The van der Waals surface area contributed by atoms with Crippen molar-refractivity contribution < 1.29 is 9.59 Å². The van der Waals surface area contributed by atoms with Crippen molar-refractivity contribution >= 4 is 23.5 Å². The summed E-state index contributed by atoms with van der Waals surface area (Å²) in [4.78, 5) is 28.4. The van der Waals surface area contributed by atoms with E-state index in [1.807, 2.05) is 27.7 Å². The maximum absolute atomic E-state index is 10.5. The van der Waals surface area contributed by atoms with Crippen molar-refractivity contribution in [2.24, 2.45) is 9.98 Å². The van der Waals surface area contributed by atoms with E-state index in [1.165, 1.54) is 0 Å². The fourth-order valence-corrected chi connectivity index (χ4v) is 1.83. The van der Waals surface area contributed by atoms with Gasteiger partial charge in [0.05, 0.1) is 11.4 Å². The Bertz CT molecular complexity index is 485. The number of benzene rings is 1. The van der Waals surface area contributed by atoms with Gasteiger partial charge in [0.1, 0.15) is 0 Å². The number of rotatable bonds is 4. The molecular weight excluding hydrogens is 228 g/mol. The Kier molecular flexibility index (Phi) is 4.73. The molecule has 0 amide bonds. The molecule has 0 atom stereocenters. The van der Waals surface area contributed by atoms with E-state index >= 15 is 0 Å². The van der Waals surface area contributed by atoms with Gasteiger partial charge in [-0.3, -0.25) is 0 Å². The minimum Gasteiger partial charge on any atom is -0.211 e. The molecule has 0 aliphatic carbocycles. The normalized spacial score (nSPS) is 10.1. The van der Waals surface area contributed by atoms with Crippen molar-refractivity contribution in [3.63, 3.8) is 0 Å². The van der Waals surface area contributed by atoms with Crippen LogP contribution in [0.3, 0.4) is 0 Å². The van der Waals surface area contributed by atoms with Gasteiger partial charge >= 0.3 is 0 Å². The van der Waals surface area contributed by atoms with Gasteiger partial charge in [-0.25, -0.2) is 9.59 Å². The van der Waals surface area contributed by atoms with Gasteiger partial charge in [-0.05, 0) is 35.1 Å². The third kappa shape index (κ3) is 3.01. The summed E-state index contributed by atoms with van der Waals surface area (Å²) in [5.41, 5.74) is 2.93. The van der Waals surface area contributed by atoms with Crippen LogP contribution in [-0.2, 0) is 9.59 Å². The highest BCUT2D eigenvalue weighted by atomic mass is 16.1. The van der Waals surface area contributed by atoms with Gasteiger partial charge in [0, 0.05) is 0 Å². The molecule has 0 heterocycles. The van der Waals surface area contributed by atoms with Crippen LogP contribution < -0.4 is 0 Å². The van der Waals surface area contributed by atoms with Crippen LogP contribution in [0.2, 0.25) is 0 Å². The zero-order valence-corrected chi connectivity index (χ0v) is 11.0. The predicted molar refractivity (Wildman–Crippen MR) is 70.2 cm³/mol. The average Bonchev–Trinajstić information content (AvgIpc) is 2.30. The Morgan fingerprint density at radius 3 is 1.39 bits per heavy atom. The van der Waals surface area contributed by atoms with E-state index in [4.69, 9.17) is 0 Å². The van der Waals surface area contributed by atoms with Gasteiger partial charge in [-0.2, -0.15) is 9.98 Å². The molecule has 0 aliphatic rings. The fraction of sp³-hybridized carbons (Fsp3) is 0.429. The van der Waals surface area contributed by atoms with Crippen molar-refractivity contribution in [1.29, 1.82) is 0 Å². The Morgan fingerprint density at radius 2 is 1.17 bits per heavy atom. The first-order chi connectivity index (χ1) is 8.51. The van der Waals surface area contributed by atoms with Gasteiger partial charge in [-0.15, -0.1) is 0 Å². The number of carbonyl (C=O) groups excluding carboxylic acids is 2. The molecule has 0 aromatic heterocycles. The second-order valence-corrected chi connectivity index (χ2v) is 4.69. The molecule has 1 aromatic carbocycles. The van der Waals surface area contributed by atoms with Gasteiger partial charge in [0.15, 0.2) is 0 Å². The summed E-state index contributed by atoms with van der Waals surface area (Å²) in [6, 6.07) is 3.59. The highest BCUT2D eigenvalue weighted by Gasteiger charge is 2.14. The smallest absolute Gasteiger partial charge is 0.211 e. The van der Waals surface area contributed by atoms with Crippen LogP contribution in [0.15, 0.2) is 22.1 Å². The van der Waals surface area contributed by atoms with Crippen molar-refractivity contribution in [3.8, 4) is 0 Å². The quantitative estimate of drug-likeness (QED) is 0.596. The number of nitrogens with zero attached hydrogens (tertiary/aromatic N) is 2. The first kappa shape index (κ1) is 14.0. The number of hydrogen-bond acceptors (Lipinski definition) is 4. The van der Waals surface area contributed by atoms with Crippen molar-refractivity contribution in [3.05, 3.63) is 23.3 Å². The van der Waals surface area contributed by atoms with E-state index in [0.717, 1.165) is 11.1 Å². The molecule has 0 unspecified atom stereocenters. The summed E-state index contributed by atoms with van der Waals surface area (Å²) in [7, 11) is 0. The Hall–Kier alpha value is -2.02. The largest absolute Gasteiger partial charge is 0.240 e. The molecule has 0 radical (unpaired) electrons. The zero-order valence-electron chi connectivity index (χ0n) is 11.0. The number of aliphatic imine (C=N–C) groups is 2. The lowest BCUT2D eigenvalue weighted by Crippen LogP contribution is -1.94. The zero-order chi connectivity index (χ0) is 13.7. The lowest BCUT2D eigenvalue weighted by atomic mass is 9.93. The lowest BCUT2D eigenvalue weighted by Gasteiger charge is -2.14. The van der Waals surface area contributed by atoms with E-state index in [9.17, 15) is 9.59 Å². The van der Waals surface area contributed by atoms with Gasteiger partial charge in [-0.1, -0.05) is 27.7 Å². The SMILES string of the molecule is CC(C)c1cc(N=C=O)c(C(C)C)cc1N=C=O. The van der Waals surface area contributed by atoms with Crippen LogP contribution >= 0.6 is 0 Å². The van der Waals surface area contributed by atoms with E-state index < -0.39 is 0 Å². The minimum absolute atomic E-state index is 0.180. The molecule has 4 heteroatoms. The summed E-state index contributed by atoms with van der Waals surface area (Å²) in [6.45, 7) is 7.95. The highest BCUT2D eigenvalue weighted by Crippen LogP contribution is 2.36. The molecule has 0 aliphatic heterocycles. The molecule has 4 nitrogen and oxygen atoms in total. The highest BCUT2D eigenvalue weighted by molar-refractivity contribution is 5.66. The predicted octanol–water partition coefficient (Wildman–Crippen LogP) is 3.87. The van der Waals surface area contributed by atoms with Gasteiger partial charge < -0.3 is 0 Å². The summed E-state index contributed by atoms with van der Waals surface area (Å²) in [5, 5.41) is 0. The van der Waals surface area contributed by atoms with E-state index in [-0.39, 0.29) is 11.8 Å². The average molecular weight is 244 g/mol. The van der Waals surface area contributed by atoms with Crippen molar-refractivity contribution in [2.75, 3.05) is 0 Å². The lowest BCUT2D eigenvalue weighted by molar-refractivity contribution is 0.564. The standard InChI is InChI=1S/C14H16N2O2/c1-9(2)11-5-14(16-8-18)12(10(3)4)6-13(11)15-7-17/h5-6,9-10H,1-4H3. The molecule has 94 valence electrons. The van der Waals surface area contributed by atoms with Crippen molar-refractivity contribution in [2.45, 2.75) is 39.5 Å². The molecule has 0 N–H and O–H groups in total.